The van der Waals surface area contributed by atoms with Crippen molar-refractivity contribution in [3.8, 4) is 12.3 Å². The van der Waals surface area contributed by atoms with Crippen LogP contribution in [0.4, 0.5) is 0 Å². The molecule has 3 aliphatic rings. The van der Waals surface area contributed by atoms with E-state index in [1.165, 1.54) is 0 Å². The van der Waals surface area contributed by atoms with Crippen molar-refractivity contribution in [3.63, 3.8) is 0 Å². The first kappa shape index (κ1) is 26.3. The molecule has 0 radical (unpaired) electrons. The fraction of sp³-hybridized carbons (Fsp3) is 0.870. The molecule has 0 saturated carbocycles. The summed E-state index contributed by atoms with van der Waals surface area (Å²) in [6.45, 7) is 11.2. The maximum Gasteiger partial charge on any atom is 0.221 e. The lowest BCUT2D eigenvalue weighted by Gasteiger charge is -2.37. The summed E-state index contributed by atoms with van der Waals surface area (Å²) in [6.07, 6.45) is 4.40. The summed E-state index contributed by atoms with van der Waals surface area (Å²) in [5, 5.41) is 6.10. The molecule has 3 fully saturated rings. The van der Waals surface area contributed by atoms with Gasteiger partial charge >= 0.3 is 0 Å². The van der Waals surface area contributed by atoms with Crippen LogP contribution >= 0.6 is 0 Å². The van der Waals surface area contributed by atoms with E-state index >= 15 is 0 Å². The van der Waals surface area contributed by atoms with E-state index in [4.69, 9.17) is 39.6 Å². The summed E-state index contributed by atoms with van der Waals surface area (Å²) < 4.78 is 41.3. The third-order valence-electron chi connectivity index (χ3n) is 5.46. The van der Waals surface area contributed by atoms with Crippen molar-refractivity contribution in [2.75, 3.05) is 46.1 Å². The Morgan fingerprint density at radius 3 is 2.27 bits per heavy atom. The number of carbonyl (C=O) groups excluding carboxylic acids is 1. The first-order valence-electron chi connectivity index (χ1n) is 11.6. The topological polar surface area (TPSA) is 106 Å². The van der Waals surface area contributed by atoms with Gasteiger partial charge in [0.1, 0.15) is 24.4 Å². The molecule has 3 saturated heterocycles. The van der Waals surface area contributed by atoms with Gasteiger partial charge < -0.3 is 43.8 Å². The summed E-state index contributed by atoms with van der Waals surface area (Å²) in [5.74, 6) is 0.960. The minimum Gasteiger partial charge on any atom is -0.378 e. The molecule has 3 aliphatic heterocycles. The number of hydrogen-bond acceptors (Lipinski definition) is 9. The lowest BCUT2D eigenvalue weighted by Crippen LogP contribution is -2.57. The summed E-state index contributed by atoms with van der Waals surface area (Å²) >= 11 is 0. The second-order valence-electron chi connectivity index (χ2n) is 9.19. The van der Waals surface area contributed by atoms with Gasteiger partial charge in [-0.05, 0) is 27.7 Å². The Hall–Kier alpha value is -1.29. The minimum atomic E-state index is -0.720. The molecule has 2 N–H and O–H groups in total. The van der Waals surface area contributed by atoms with Gasteiger partial charge in [0.25, 0.3) is 0 Å². The highest BCUT2D eigenvalue weighted by molar-refractivity contribution is 5.76. The number of amides is 1. The van der Waals surface area contributed by atoms with Crippen LogP contribution in [0.25, 0.3) is 0 Å². The van der Waals surface area contributed by atoms with Crippen LogP contribution in [0.1, 0.15) is 40.5 Å². The van der Waals surface area contributed by atoms with E-state index < -0.39 is 17.9 Å². The van der Waals surface area contributed by atoms with E-state index in [1.807, 2.05) is 27.7 Å². The Kier molecular flexibility index (Phi) is 9.50. The maximum absolute atomic E-state index is 11.4. The van der Waals surface area contributed by atoms with Crippen LogP contribution in [0.2, 0.25) is 0 Å². The molecule has 0 spiro atoms. The lowest BCUT2D eigenvalue weighted by molar-refractivity contribution is -0.232. The number of fused-ring (bicyclic) bond motifs is 3. The van der Waals surface area contributed by atoms with Gasteiger partial charge in [-0.25, -0.2) is 0 Å². The fourth-order valence-electron chi connectivity index (χ4n) is 4.11. The van der Waals surface area contributed by atoms with Crippen molar-refractivity contribution in [2.24, 2.45) is 0 Å². The first-order chi connectivity index (χ1) is 15.7. The monoisotopic (exact) mass is 470 g/mol. The zero-order valence-corrected chi connectivity index (χ0v) is 20.1. The molecule has 1 amide bonds. The highest BCUT2D eigenvalue weighted by atomic mass is 16.9. The Morgan fingerprint density at radius 2 is 1.55 bits per heavy atom. The molecule has 0 aromatic heterocycles. The molecule has 188 valence electrons. The molecular weight excluding hydrogens is 432 g/mol. The van der Waals surface area contributed by atoms with Crippen LogP contribution in [-0.2, 0) is 38.0 Å². The van der Waals surface area contributed by atoms with Gasteiger partial charge in [0.15, 0.2) is 17.9 Å². The normalized spacial score (nSPS) is 31.5. The SMILES string of the molecule is C#CCCC(=O)NCCOCCOCCNC[C@H]1O[C@@H]2OC(C)(C)O[C@@H]2[C@H]2OC(C)(C)O[C@H]21. The molecule has 0 aliphatic carbocycles. The molecule has 0 bridgehead atoms. The van der Waals surface area contributed by atoms with E-state index in [9.17, 15) is 4.79 Å². The third-order valence-corrected chi connectivity index (χ3v) is 5.46. The average Bonchev–Trinajstić information content (AvgIpc) is 3.24. The predicted octanol–water partition coefficient (Wildman–Crippen LogP) is 0.535. The summed E-state index contributed by atoms with van der Waals surface area (Å²) in [5.41, 5.74) is 0. The van der Waals surface area contributed by atoms with Crippen LogP contribution in [0.3, 0.4) is 0 Å². The largest absolute Gasteiger partial charge is 0.378 e. The van der Waals surface area contributed by atoms with E-state index in [0.29, 0.717) is 58.9 Å². The van der Waals surface area contributed by atoms with Crippen LogP contribution < -0.4 is 10.6 Å². The Morgan fingerprint density at radius 1 is 0.909 bits per heavy atom. The second-order valence-corrected chi connectivity index (χ2v) is 9.19. The van der Waals surface area contributed by atoms with E-state index in [1.54, 1.807) is 0 Å². The standard InChI is InChI=1S/C23H38N2O8/c1-6-7-8-17(26)25-10-12-28-14-13-27-11-9-24-15-16-18-19(31-22(2,3)30-18)20-21(29-16)33-23(4,5)32-20/h1,16,18-21,24H,7-15H2,2-5H3,(H,25,26)/t16-,18+,19+,20-,21-/m1/s1. The molecule has 3 rings (SSSR count). The molecule has 33 heavy (non-hydrogen) atoms. The summed E-state index contributed by atoms with van der Waals surface area (Å²) in [7, 11) is 0. The second kappa shape index (κ2) is 11.9. The van der Waals surface area contributed by atoms with E-state index in [-0.39, 0.29) is 30.3 Å². The number of ether oxygens (including phenoxy) is 7. The van der Waals surface area contributed by atoms with Gasteiger partial charge in [-0.3, -0.25) is 4.79 Å². The van der Waals surface area contributed by atoms with E-state index in [2.05, 4.69) is 16.6 Å². The van der Waals surface area contributed by atoms with Crippen molar-refractivity contribution in [3.05, 3.63) is 0 Å². The smallest absolute Gasteiger partial charge is 0.221 e. The van der Waals surface area contributed by atoms with Crippen molar-refractivity contribution < 1.29 is 38.0 Å². The summed E-state index contributed by atoms with van der Waals surface area (Å²) in [6, 6.07) is 0. The fourth-order valence-corrected chi connectivity index (χ4v) is 4.11. The van der Waals surface area contributed by atoms with Crippen LogP contribution in [-0.4, -0.2) is 94.2 Å². The molecule has 5 atom stereocenters. The van der Waals surface area contributed by atoms with E-state index in [0.717, 1.165) is 0 Å². The van der Waals surface area contributed by atoms with Gasteiger partial charge in [0.05, 0.1) is 26.4 Å². The molecule has 0 unspecified atom stereocenters. The average molecular weight is 471 g/mol. The predicted molar refractivity (Wildman–Crippen MR) is 118 cm³/mol. The van der Waals surface area contributed by atoms with Gasteiger partial charge in [-0.1, -0.05) is 0 Å². The maximum atomic E-state index is 11.4. The number of terminal acetylenes is 1. The van der Waals surface area contributed by atoms with Crippen LogP contribution in [0.5, 0.6) is 0 Å². The Balaban J connectivity index is 1.26. The van der Waals surface area contributed by atoms with Crippen molar-refractivity contribution in [1.29, 1.82) is 0 Å². The molecule has 3 heterocycles. The van der Waals surface area contributed by atoms with Crippen LogP contribution in [0.15, 0.2) is 0 Å². The van der Waals surface area contributed by atoms with Crippen molar-refractivity contribution >= 4 is 5.91 Å². The Bertz CT molecular complexity index is 680. The summed E-state index contributed by atoms with van der Waals surface area (Å²) in [4.78, 5) is 11.4. The van der Waals surface area contributed by atoms with Gasteiger partial charge in [0, 0.05) is 32.5 Å². The number of rotatable bonds is 13. The van der Waals surface area contributed by atoms with Crippen LogP contribution in [0, 0.1) is 12.3 Å². The zero-order valence-electron chi connectivity index (χ0n) is 20.1. The molecular formula is C23H38N2O8. The lowest BCUT2D eigenvalue weighted by atomic mass is 9.99. The molecule has 0 aromatic rings. The van der Waals surface area contributed by atoms with Gasteiger partial charge in [-0.15, -0.1) is 12.3 Å². The highest BCUT2D eigenvalue weighted by Crippen LogP contribution is 2.43. The van der Waals surface area contributed by atoms with Crippen molar-refractivity contribution in [2.45, 2.75) is 82.8 Å². The van der Waals surface area contributed by atoms with Gasteiger partial charge in [0.2, 0.25) is 5.91 Å². The molecule has 10 nitrogen and oxygen atoms in total. The third kappa shape index (κ3) is 7.87. The minimum absolute atomic E-state index is 0.0588. The molecule has 0 aromatic carbocycles. The quantitative estimate of drug-likeness (QED) is 0.295. The first-order valence-corrected chi connectivity index (χ1v) is 11.6. The zero-order chi connectivity index (χ0) is 23.9. The number of nitrogens with one attached hydrogen (secondary N) is 2. The Labute approximate surface area is 196 Å². The molecule has 10 heteroatoms. The highest BCUT2D eigenvalue weighted by Gasteiger charge is 2.60. The number of carbonyl (C=O) groups is 1. The van der Waals surface area contributed by atoms with Crippen molar-refractivity contribution in [1.82, 2.24) is 10.6 Å². The number of hydrogen-bond donors (Lipinski definition) is 2. The van der Waals surface area contributed by atoms with Gasteiger partial charge in [-0.2, -0.15) is 0 Å².